The summed E-state index contributed by atoms with van der Waals surface area (Å²) >= 11 is 1.69. The summed E-state index contributed by atoms with van der Waals surface area (Å²) in [5.41, 5.74) is -2.36. The van der Waals surface area contributed by atoms with Crippen molar-refractivity contribution in [2.24, 2.45) is 0 Å². The highest BCUT2D eigenvalue weighted by atomic mass is 32.1. The fraction of sp³-hybridized carbons (Fsp3) is 0.550. The van der Waals surface area contributed by atoms with Crippen molar-refractivity contribution in [1.29, 1.82) is 0 Å². The first-order valence-corrected chi connectivity index (χ1v) is 11.6. The molecule has 4 rings (SSSR count). The maximum Gasteiger partial charge on any atom is 0.423 e. The van der Waals surface area contributed by atoms with Crippen LogP contribution in [0.25, 0.3) is 0 Å². The predicted octanol–water partition coefficient (Wildman–Crippen LogP) is 3.00. The maximum atomic E-state index is 13.2. The average Bonchev–Trinajstić information content (AvgIpc) is 3.42. The Morgan fingerprint density at radius 1 is 1.32 bits per heavy atom. The first-order chi connectivity index (χ1) is 16.2. The van der Waals surface area contributed by atoms with E-state index in [0.29, 0.717) is 5.69 Å². The molecule has 1 saturated heterocycles. The molecule has 34 heavy (non-hydrogen) atoms. The van der Waals surface area contributed by atoms with E-state index in [2.05, 4.69) is 30.6 Å². The molecule has 0 amide bonds. The molecular weight excluding hydrogens is 473 g/mol. The van der Waals surface area contributed by atoms with E-state index in [1.165, 1.54) is 4.88 Å². The third kappa shape index (κ3) is 5.73. The lowest BCUT2D eigenvalue weighted by molar-refractivity contribution is -0.138. The molecular formula is C20H25F3N8O2S. The summed E-state index contributed by atoms with van der Waals surface area (Å²) in [6.07, 6.45) is 1.72. The second kappa shape index (κ2) is 10.1. The molecule has 0 bridgehead atoms. The monoisotopic (exact) mass is 498 g/mol. The molecule has 2 N–H and O–H groups in total. The third-order valence-electron chi connectivity index (χ3n) is 5.44. The highest BCUT2D eigenvalue weighted by Gasteiger charge is 2.37. The third-order valence-corrected chi connectivity index (χ3v) is 6.41. The van der Waals surface area contributed by atoms with Crippen LogP contribution in [0.15, 0.2) is 23.4 Å². The molecule has 1 aliphatic heterocycles. The number of piperidine rings is 1. The SMILES string of the molecule is Cc1cnc(N2CCC(n3cc(COCC(C)Nc4cn[nH]c(=O)c4C(F)(F)F)nn3)CC2)s1. The topological polar surface area (TPSA) is 114 Å². The van der Waals surface area contributed by atoms with Gasteiger partial charge in [-0.25, -0.2) is 14.8 Å². The van der Waals surface area contributed by atoms with Crippen LogP contribution >= 0.6 is 11.3 Å². The summed E-state index contributed by atoms with van der Waals surface area (Å²) in [5.74, 6) is 0. The Bertz CT molecular complexity index is 1150. The number of ether oxygens (including phenoxy) is 1. The minimum absolute atomic E-state index is 0.0998. The van der Waals surface area contributed by atoms with Gasteiger partial charge in [0.05, 0.1) is 37.3 Å². The average molecular weight is 499 g/mol. The molecule has 4 heterocycles. The number of aromatic amines is 1. The number of aromatic nitrogens is 6. The van der Waals surface area contributed by atoms with E-state index in [4.69, 9.17) is 4.74 Å². The first-order valence-electron chi connectivity index (χ1n) is 10.8. The van der Waals surface area contributed by atoms with Crippen LogP contribution in [0, 0.1) is 6.92 Å². The molecule has 0 saturated carbocycles. The van der Waals surface area contributed by atoms with Crippen LogP contribution in [0.1, 0.15) is 41.9 Å². The van der Waals surface area contributed by atoms with Crippen LogP contribution in [0.4, 0.5) is 24.0 Å². The van der Waals surface area contributed by atoms with E-state index in [1.807, 2.05) is 24.0 Å². The number of nitrogens with one attached hydrogen (secondary N) is 2. The van der Waals surface area contributed by atoms with Gasteiger partial charge >= 0.3 is 6.18 Å². The van der Waals surface area contributed by atoms with Crippen LogP contribution in [-0.4, -0.2) is 55.9 Å². The summed E-state index contributed by atoms with van der Waals surface area (Å²) < 4.78 is 46.9. The zero-order chi connectivity index (χ0) is 24.3. The molecule has 184 valence electrons. The first kappa shape index (κ1) is 24.1. The number of aryl methyl sites for hydroxylation is 1. The summed E-state index contributed by atoms with van der Waals surface area (Å²) in [6, 6.07) is -0.262. The minimum Gasteiger partial charge on any atom is -0.378 e. The number of H-pyrrole nitrogens is 1. The van der Waals surface area contributed by atoms with Gasteiger partial charge in [0.25, 0.3) is 5.56 Å². The van der Waals surface area contributed by atoms with Gasteiger partial charge in [-0.2, -0.15) is 18.3 Å². The van der Waals surface area contributed by atoms with Crippen LogP contribution in [0.5, 0.6) is 0 Å². The van der Waals surface area contributed by atoms with Gasteiger partial charge in [0.15, 0.2) is 5.13 Å². The van der Waals surface area contributed by atoms with Crippen molar-refractivity contribution in [3.8, 4) is 0 Å². The van der Waals surface area contributed by atoms with E-state index < -0.39 is 29.0 Å². The lowest BCUT2D eigenvalue weighted by atomic mass is 10.1. The zero-order valence-electron chi connectivity index (χ0n) is 18.7. The number of nitrogens with zero attached hydrogens (tertiary/aromatic N) is 6. The Labute approximate surface area is 197 Å². The normalized spacial score (nSPS) is 16.1. The molecule has 3 aromatic heterocycles. The molecule has 1 fully saturated rings. The van der Waals surface area contributed by atoms with Crippen LogP contribution in [0.3, 0.4) is 0 Å². The number of anilines is 2. The molecule has 0 radical (unpaired) electrons. The number of rotatable bonds is 8. The molecule has 0 spiro atoms. The predicted molar refractivity (Wildman–Crippen MR) is 120 cm³/mol. The number of halogens is 3. The molecule has 3 aromatic rings. The maximum absolute atomic E-state index is 13.2. The molecule has 14 heteroatoms. The van der Waals surface area contributed by atoms with Crippen LogP contribution < -0.4 is 15.8 Å². The van der Waals surface area contributed by atoms with Crippen LogP contribution in [-0.2, 0) is 17.5 Å². The molecule has 1 unspecified atom stereocenters. The van der Waals surface area contributed by atoms with Gasteiger partial charge in [-0.05, 0) is 26.7 Å². The summed E-state index contributed by atoms with van der Waals surface area (Å²) in [6.45, 7) is 5.75. The highest BCUT2D eigenvalue weighted by molar-refractivity contribution is 7.15. The number of hydrogen-bond acceptors (Lipinski definition) is 9. The van der Waals surface area contributed by atoms with E-state index in [9.17, 15) is 18.0 Å². The molecule has 10 nitrogen and oxygen atoms in total. The number of alkyl halides is 3. The van der Waals surface area contributed by atoms with E-state index in [1.54, 1.807) is 23.4 Å². The van der Waals surface area contributed by atoms with Crippen molar-refractivity contribution in [2.75, 3.05) is 29.9 Å². The van der Waals surface area contributed by atoms with Gasteiger partial charge in [-0.15, -0.1) is 16.4 Å². The Hall–Kier alpha value is -3.00. The van der Waals surface area contributed by atoms with Crippen molar-refractivity contribution < 1.29 is 17.9 Å². The quantitative estimate of drug-likeness (QED) is 0.487. The molecule has 1 atom stereocenters. The standard InChI is InChI=1S/C20H25F3N8O2S/c1-12(26-16-8-25-28-18(32)17(16)20(21,22)23)10-33-11-14-9-31(29-27-14)15-3-5-30(6-4-15)19-24-7-13(2)34-19/h7-9,12,15H,3-6,10-11H2,1-2H3,(H2,26,28,32). The second-order valence-corrected chi connectivity index (χ2v) is 9.42. The van der Waals surface area contributed by atoms with Gasteiger partial charge in [-0.1, -0.05) is 5.21 Å². The van der Waals surface area contributed by atoms with Gasteiger partial charge in [0.1, 0.15) is 11.3 Å². The largest absolute Gasteiger partial charge is 0.423 e. The van der Waals surface area contributed by atoms with E-state index in [0.717, 1.165) is 37.3 Å². The van der Waals surface area contributed by atoms with Gasteiger partial charge in [0.2, 0.25) is 0 Å². The highest BCUT2D eigenvalue weighted by Crippen LogP contribution is 2.32. The van der Waals surface area contributed by atoms with Gasteiger partial charge in [0, 0.05) is 30.2 Å². The number of hydrogen-bond donors (Lipinski definition) is 2. The lowest BCUT2D eigenvalue weighted by Gasteiger charge is -2.31. The molecule has 0 aliphatic carbocycles. The fourth-order valence-corrected chi connectivity index (χ4v) is 4.62. The minimum atomic E-state index is -4.80. The lowest BCUT2D eigenvalue weighted by Crippen LogP contribution is -2.34. The van der Waals surface area contributed by atoms with Crippen molar-refractivity contribution >= 4 is 22.2 Å². The second-order valence-electron chi connectivity index (χ2n) is 8.21. The van der Waals surface area contributed by atoms with E-state index >= 15 is 0 Å². The Morgan fingerprint density at radius 2 is 2.09 bits per heavy atom. The van der Waals surface area contributed by atoms with Crippen molar-refractivity contribution in [3.63, 3.8) is 0 Å². The Kier molecular flexibility index (Phi) is 7.16. The summed E-state index contributed by atoms with van der Waals surface area (Å²) in [4.78, 5) is 19.5. The number of thiazole rings is 1. The van der Waals surface area contributed by atoms with Crippen LogP contribution in [0.2, 0.25) is 0 Å². The van der Waals surface area contributed by atoms with Gasteiger partial charge in [-0.3, -0.25) is 4.79 Å². The van der Waals surface area contributed by atoms with E-state index in [-0.39, 0.29) is 19.3 Å². The van der Waals surface area contributed by atoms with Crippen molar-refractivity contribution in [3.05, 3.63) is 45.1 Å². The molecule has 1 aliphatic rings. The Morgan fingerprint density at radius 3 is 2.76 bits per heavy atom. The van der Waals surface area contributed by atoms with Crippen molar-refractivity contribution in [1.82, 2.24) is 30.2 Å². The van der Waals surface area contributed by atoms with Crippen molar-refractivity contribution in [2.45, 2.75) is 51.6 Å². The van der Waals surface area contributed by atoms with Gasteiger partial charge < -0.3 is 15.0 Å². The summed E-state index contributed by atoms with van der Waals surface area (Å²) in [7, 11) is 0. The fourth-order valence-electron chi connectivity index (χ4n) is 3.81. The molecule has 0 aromatic carbocycles. The smallest absolute Gasteiger partial charge is 0.378 e. The Balaban J connectivity index is 1.25. The summed E-state index contributed by atoms with van der Waals surface area (Å²) in [5, 5.41) is 17.3. The zero-order valence-corrected chi connectivity index (χ0v) is 19.5.